The van der Waals surface area contributed by atoms with Gasteiger partial charge in [0.25, 0.3) is 0 Å². The van der Waals surface area contributed by atoms with E-state index in [1.165, 1.54) is 23.8 Å². The summed E-state index contributed by atoms with van der Waals surface area (Å²) in [5.74, 6) is -2.71. The molecule has 2 aliphatic rings. The lowest BCUT2D eigenvalue weighted by Crippen LogP contribution is -2.55. The Bertz CT molecular complexity index is 1950. The number of ether oxygens (including phenoxy) is 3. The van der Waals surface area contributed by atoms with Crippen molar-refractivity contribution in [1.82, 2.24) is 9.88 Å². The number of nitrogens with zero attached hydrogens (tertiary/aromatic N) is 2. The fourth-order valence-corrected chi connectivity index (χ4v) is 6.64. The van der Waals surface area contributed by atoms with E-state index in [1.54, 1.807) is 45.0 Å². The second-order valence-electron chi connectivity index (χ2n) is 13.1. The summed E-state index contributed by atoms with van der Waals surface area (Å²) >= 11 is 6.26. The largest absolute Gasteiger partial charge is 0.453 e. The van der Waals surface area contributed by atoms with E-state index in [1.807, 2.05) is 30.3 Å². The summed E-state index contributed by atoms with van der Waals surface area (Å²) < 4.78 is 33.8. The van der Waals surface area contributed by atoms with Gasteiger partial charge in [0.15, 0.2) is 11.4 Å². The quantitative estimate of drug-likeness (QED) is 0.206. The number of methoxy groups -OCH3 is 1. The summed E-state index contributed by atoms with van der Waals surface area (Å²) in [6.07, 6.45) is -1.43. The number of aromatic nitrogens is 1. The van der Waals surface area contributed by atoms with Gasteiger partial charge in [0, 0.05) is 23.3 Å². The van der Waals surface area contributed by atoms with Gasteiger partial charge in [-0.2, -0.15) is 0 Å². The van der Waals surface area contributed by atoms with Crippen LogP contribution in [0.1, 0.15) is 56.4 Å². The summed E-state index contributed by atoms with van der Waals surface area (Å²) in [5, 5.41) is 6.10. The van der Waals surface area contributed by atoms with E-state index in [9.17, 15) is 19.2 Å². The van der Waals surface area contributed by atoms with E-state index < -0.39 is 47.1 Å². The molecule has 1 saturated heterocycles. The van der Waals surface area contributed by atoms with Crippen molar-refractivity contribution >= 4 is 58.1 Å². The van der Waals surface area contributed by atoms with Gasteiger partial charge in [0.05, 0.1) is 34.8 Å². The Kier molecular flexibility index (Phi) is 9.12. The van der Waals surface area contributed by atoms with Gasteiger partial charge in [-0.25, -0.2) is 28.2 Å². The highest BCUT2D eigenvalue weighted by molar-refractivity contribution is 6.31. The molecule has 4 aromatic rings. The van der Waals surface area contributed by atoms with E-state index in [2.05, 4.69) is 10.6 Å². The van der Waals surface area contributed by atoms with Crippen LogP contribution in [-0.2, 0) is 31.0 Å². The normalized spacial score (nSPS) is 18.1. The van der Waals surface area contributed by atoms with Crippen LogP contribution >= 0.6 is 11.6 Å². The van der Waals surface area contributed by atoms with Gasteiger partial charge in [-0.3, -0.25) is 10.1 Å². The molecule has 11 nitrogen and oxygen atoms in total. The third-order valence-electron chi connectivity index (χ3n) is 8.58. The summed E-state index contributed by atoms with van der Waals surface area (Å²) in [4.78, 5) is 55.6. The lowest BCUT2D eigenvalue weighted by molar-refractivity contribution is -0.120. The summed E-state index contributed by atoms with van der Waals surface area (Å²) in [6.45, 7) is 5.96. The van der Waals surface area contributed by atoms with E-state index in [0.717, 1.165) is 10.5 Å². The molecule has 0 aliphatic carbocycles. The first-order valence-electron chi connectivity index (χ1n) is 15.9. The number of rotatable bonds is 5. The van der Waals surface area contributed by atoms with Crippen molar-refractivity contribution < 1.29 is 37.8 Å². The van der Waals surface area contributed by atoms with Crippen LogP contribution in [0.15, 0.2) is 66.7 Å². The number of nitrogens with one attached hydrogen (secondary N) is 2. The fourth-order valence-electron chi connectivity index (χ4n) is 6.48. The number of benzene rings is 3. The van der Waals surface area contributed by atoms with Crippen LogP contribution in [0.3, 0.4) is 0 Å². The van der Waals surface area contributed by atoms with Crippen LogP contribution in [0, 0.1) is 5.82 Å². The van der Waals surface area contributed by atoms with Gasteiger partial charge in [-0.1, -0.05) is 41.9 Å². The maximum Gasteiger partial charge on any atom is 0.422 e. The zero-order chi connectivity index (χ0) is 35.1. The molecule has 2 N–H and O–H groups in total. The standard InChI is InChI=1S/C36H36ClFN4O7/c1-35(2,3)48-33(45)41-26-13-11-23(40-32(44)47-4)18-22(26)19-28(41)24(17-21-9-6-5-7-10-21)31(43)42-27-14-12-25(37)30(38)29(27)36(49-34(42)46)15-8-16-39-20-36/h5-7,9-14,18-19,24,39H,8,15-17,20H2,1-4H3,(H,40,44)/t24?,36-/m0/s1. The van der Waals surface area contributed by atoms with Crippen molar-refractivity contribution in [2.24, 2.45) is 0 Å². The molecule has 2 atom stereocenters. The molecule has 49 heavy (non-hydrogen) atoms. The Labute approximate surface area is 287 Å². The lowest BCUT2D eigenvalue weighted by atomic mass is 9.83. The monoisotopic (exact) mass is 690 g/mol. The molecule has 0 saturated carbocycles. The van der Waals surface area contributed by atoms with Crippen LogP contribution in [0.2, 0.25) is 5.02 Å². The van der Waals surface area contributed by atoms with Crippen LogP contribution < -0.4 is 15.5 Å². The summed E-state index contributed by atoms with van der Waals surface area (Å²) in [7, 11) is 1.24. The molecule has 1 spiro atoms. The fraction of sp³-hybridized carbons (Fsp3) is 0.333. The average Bonchev–Trinajstić information content (AvgIpc) is 3.43. The van der Waals surface area contributed by atoms with E-state index in [4.69, 9.17) is 25.8 Å². The van der Waals surface area contributed by atoms with E-state index >= 15 is 4.39 Å². The van der Waals surface area contributed by atoms with Crippen molar-refractivity contribution in [1.29, 1.82) is 0 Å². The number of piperidine rings is 1. The molecular weight excluding hydrogens is 655 g/mol. The highest BCUT2D eigenvalue weighted by Crippen LogP contribution is 2.47. The highest BCUT2D eigenvalue weighted by Gasteiger charge is 2.51. The van der Waals surface area contributed by atoms with E-state index in [-0.39, 0.29) is 34.9 Å². The van der Waals surface area contributed by atoms with Crippen molar-refractivity contribution in [3.05, 3.63) is 94.4 Å². The summed E-state index contributed by atoms with van der Waals surface area (Å²) in [5.41, 5.74) is -0.514. The van der Waals surface area contributed by atoms with Gasteiger partial charge in [-0.15, -0.1) is 0 Å². The minimum absolute atomic E-state index is 0.0184. The zero-order valence-electron chi connectivity index (χ0n) is 27.5. The summed E-state index contributed by atoms with van der Waals surface area (Å²) in [6, 6.07) is 18.3. The Morgan fingerprint density at radius 2 is 1.86 bits per heavy atom. The topological polar surface area (TPSA) is 128 Å². The molecule has 3 aromatic carbocycles. The van der Waals surface area contributed by atoms with Gasteiger partial charge >= 0.3 is 18.3 Å². The number of carbonyl (C=O) groups excluding carboxylic acids is 4. The highest BCUT2D eigenvalue weighted by atomic mass is 35.5. The maximum atomic E-state index is 16.0. The number of fused-ring (bicyclic) bond motifs is 3. The minimum atomic E-state index is -1.36. The van der Waals surface area contributed by atoms with Crippen molar-refractivity contribution in [3.63, 3.8) is 0 Å². The van der Waals surface area contributed by atoms with Gasteiger partial charge in [0.2, 0.25) is 5.91 Å². The molecule has 3 heterocycles. The van der Waals surface area contributed by atoms with Gasteiger partial charge in [0.1, 0.15) is 5.60 Å². The first-order chi connectivity index (χ1) is 23.3. The average molecular weight is 691 g/mol. The first kappa shape index (κ1) is 33.9. The van der Waals surface area contributed by atoms with Crippen LogP contribution in [0.4, 0.5) is 30.1 Å². The third-order valence-corrected chi connectivity index (χ3v) is 8.87. The number of hydrogen-bond donors (Lipinski definition) is 2. The molecule has 0 radical (unpaired) electrons. The number of anilines is 2. The Morgan fingerprint density at radius 1 is 1.10 bits per heavy atom. The number of carbonyl (C=O) groups is 4. The predicted octanol–water partition coefficient (Wildman–Crippen LogP) is 7.48. The second-order valence-corrected chi connectivity index (χ2v) is 13.5. The van der Waals surface area contributed by atoms with E-state index in [0.29, 0.717) is 36.0 Å². The SMILES string of the molecule is COC(=O)Nc1ccc2c(c1)cc(C(Cc1ccccc1)C(=O)N1C(=O)O[C@]3(CCCNC3)c3c1ccc(Cl)c3F)n2C(=O)OC(C)(C)C. The van der Waals surface area contributed by atoms with Crippen molar-refractivity contribution in [2.45, 2.75) is 57.2 Å². The Morgan fingerprint density at radius 3 is 2.53 bits per heavy atom. The molecule has 1 unspecified atom stereocenters. The molecule has 1 aromatic heterocycles. The van der Waals surface area contributed by atoms with Crippen molar-refractivity contribution in [3.8, 4) is 0 Å². The molecule has 13 heteroatoms. The molecule has 0 bridgehead atoms. The lowest BCUT2D eigenvalue weighted by Gasteiger charge is -2.44. The number of halogens is 2. The molecule has 2 aliphatic heterocycles. The van der Waals surface area contributed by atoms with Crippen LogP contribution in [-0.4, -0.2) is 54.6 Å². The first-order valence-corrected chi connectivity index (χ1v) is 16.2. The number of amides is 3. The molecule has 256 valence electrons. The number of imide groups is 1. The van der Waals surface area contributed by atoms with Crippen LogP contribution in [0.25, 0.3) is 10.9 Å². The minimum Gasteiger partial charge on any atom is -0.453 e. The number of hydrogen-bond acceptors (Lipinski definition) is 8. The Balaban J connectivity index is 1.54. The maximum absolute atomic E-state index is 16.0. The molecule has 1 fully saturated rings. The third kappa shape index (κ3) is 6.58. The molecule has 6 rings (SSSR count). The Hall–Kier alpha value is -4.94. The molecular formula is C36H36ClFN4O7. The van der Waals surface area contributed by atoms with Gasteiger partial charge < -0.3 is 19.5 Å². The van der Waals surface area contributed by atoms with Gasteiger partial charge in [-0.05, 0) is 88.5 Å². The van der Waals surface area contributed by atoms with Crippen LogP contribution in [0.5, 0.6) is 0 Å². The second kappa shape index (κ2) is 13.2. The smallest absolute Gasteiger partial charge is 0.422 e. The predicted molar refractivity (Wildman–Crippen MR) is 182 cm³/mol. The van der Waals surface area contributed by atoms with Crippen molar-refractivity contribution in [2.75, 3.05) is 30.4 Å². The molecule has 3 amide bonds. The zero-order valence-corrected chi connectivity index (χ0v) is 28.2.